The predicted octanol–water partition coefficient (Wildman–Crippen LogP) is 17.6. The molecule has 0 amide bonds. The Kier molecular flexibility index (Phi) is 48.7. The van der Waals surface area contributed by atoms with Gasteiger partial charge in [0.2, 0.25) is 0 Å². The summed E-state index contributed by atoms with van der Waals surface area (Å²) in [6.45, 7) is 6.67. The first-order chi connectivity index (χ1) is 29.5. The Morgan fingerprint density at radius 1 is 0.267 bits per heavy atom. The van der Waals surface area contributed by atoms with Crippen molar-refractivity contribution in [2.24, 2.45) is 0 Å². The van der Waals surface area contributed by atoms with Crippen LogP contribution in [0.1, 0.15) is 310 Å². The predicted molar refractivity (Wildman–Crippen MR) is 257 cm³/mol. The molecule has 6 heteroatoms. The van der Waals surface area contributed by atoms with Crippen LogP contribution in [0.4, 0.5) is 0 Å². The Hall–Kier alpha value is -1.59. The maximum absolute atomic E-state index is 12.7. The Balaban J connectivity index is 4.20. The van der Waals surface area contributed by atoms with Gasteiger partial charge in [0.15, 0.2) is 6.10 Å². The highest BCUT2D eigenvalue weighted by Crippen LogP contribution is 2.17. The zero-order chi connectivity index (χ0) is 43.7. The van der Waals surface area contributed by atoms with Crippen LogP contribution in [0.15, 0.2) is 0 Å². The zero-order valence-corrected chi connectivity index (χ0v) is 40.8. The fraction of sp³-hybridized carbons (Fsp3) is 0.944. The van der Waals surface area contributed by atoms with Crippen molar-refractivity contribution >= 4 is 17.9 Å². The Morgan fingerprint density at radius 3 is 0.667 bits per heavy atom. The van der Waals surface area contributed by atoms with Crippen molar-refractivity contribution in [3.8, 4) is 0 Å². The van der Waals surface area contributed by atoms with Crippen molar-refractivity contribution in [1.29, 1.82) is 0 Å². The summed E-state index contributed by atoms with van der Waals surface area (Å²) < 4.78 is 16.8. The van der Waals surface area contributed by atoms with E-state index >= 15 is 0 Å². The number of ether oxygens (including phenoxy) is 3. The van der Waals surface area contributed by atoms with Crippen molar-refractivity contribution in [3.05, 3.63) is 0 Å². The molecule has 0 aromatic carbocycles. The molecule has 0 rings (SSSR count). The quantitative estimate of drug-likeness (QED) is 0.0345. The number of rotatable bonds is 50. The fourth-order valence-corrected chi connectivity index (χ4v) is 8.27. The first-order valence-electron chi connectivity index (χ1n) is 27.0. The summed E-state index contributed by atoms with van der Waals surface area (Å²) in [5.41, 5.74) is 0. The van der Waals surface area contributed by atoms with Crippen LogP contribution >= 0.6 is 0 Å². The molecule has 0 bridgehead atoms. The topological polar surface area (TPSA) is 78.9 Å². The minimum absolute atomic E-state index is 0.0619. The number of esters is 3. The molecule has 0 saturated carbocycles. The summed E-state index contributed by atoms with van der Waals surface area (Å²) >= 11 is 0. The van der Waals surface area contributed by atoms with Gasteiger partial charge in [-0.25, -0.2) is 0 Å². The number of carbonyl (C=O) groups is 3. The second-order valence-corrected chi connectivity index (χ2v) is 18.5. The Labute approximate surface area is 374 Å². The van der Waals surface area contributed by atoms with Gasteiger partial charge >= 0.3 is 17.9 Å². The van der Waals surface area contributed by atoms with Crippen LogP contribution in [0.2, 0.25) is 0 Å². The average molecular weight is 849 g/mol. The summed E-state index contributed by atoms with van der Waals surface area (Å²) in [6, 6.07) is 0. The van der Waals surface area contributed by atoms with Crippen LogP contribution in [0, 0.1) is 0 Å². The minimum atomic E-state index is -0.759. The molecule has 0 saturated heterocycles. The first-order valence-corrected chi connectivity index (χ1v) is 27.0. The number of hydrogen-bond acceptors (Lipinski definition) is 6. The lowest BCUT2D eigenvalue weighted by atomic mass is 10.0. The molecule has 0 spiro atoms. The lowest BCUT2D eigenvalue weighted by Gasteiger charge is -2.18. The summed E-state index contributed by atoms with van der Waals surface area (Å²) in [7, 11) is 0. The van der Waals surface area contributed by atoms with E-state index < -0.39 is 6.10 Å². The van der Waals surface area contributed by atoms with Gasteiger partial charge in [-0.05, 0) is 19.3 Å². The molecule has 0 aliphatic rings. The average Bonchev–Trinajstić information content (AvgIpc) is 3.24. The lowest BCUT2D eigenvalue weighted by molar-refractivity contribution is -0.167. The van der Waals surface area contributed by atoms with Crippen molar-refractivity contribution in [3.63, 3.8) is 0 Å². The van der Waals surface area contributed by atoms with Crippen LogP contribution in [-0.4, -0.2) is 37.2 Å². The molecule has 6 nitrogen and oxygen atoms in total. The highest BCUT2D eigenvalue weighted by Gasteiger charge is 2.19. The van der Waals surface area contributed by atoms with E-state index in [-0.39, 0.29) is 31.1 Å². The maximum atomic E-state index is 12.7. The van der Waals surface area contributed by atoms with Crippen LogP contribution in [0.3, 0.4) is 0 Å². The third-order valence-corrected chi connectivity index (χ3v) is 12.4. The van der Waals surface area contributed by atoms with Gasteiger partial charge < -0.3 is 14.2 Å². The fourth-order valence-electron chi connectivity index (χ4n) is 8.27. The number of hydrogen-bond donors (Lipinski definition) is 0. The van der Waals surface area contributed by atoms with Gasteiger partial charge in [-0.2, -0.15) is 0 Å². The Morgan fingerprint density at radius 2 is 0.450 bits per heavy atom. The van der Waals surface area contributed by atoms with E-state index in [2.05, 4.69) is 20.8 Å². The normalized spacial score (nSPS) is 11.8. The molecule has 0 aliphatic heterocycles. The second-order valence-electron chi connectivity index (χ2n) is 18.5. The van der Waals surface area contributed by atoms with Gasteiger partial charge in [0.1, 0.15) is 13.2 Å². The van der Waals surface area contributed by atoms with E-state index in [1.54, 1.807) is 0 Å². The standard InChI is InChI=1S/C54H104O6/c1-4-7-10-13-16-19-21-23-25-26-27-29-31-33-36-38-41-44-47-53(56)59-50-51(60-54(57)48-45-42-39-34-18-15-12-9-6-3)49-58-52(55)46-43-40-37-35-32-30-28-24-22-20-17-14-11-8-5-2/h51H,4-50H2,1-3H3/t51-/m1/s1. The number of carbonyl (C=O) groups excluding carboxylic acids is 3. The highest BCUT2D eigenvalue weighted by atomic mass is 16.6. The van der Waals surface area contributed by atoms with Gasteiger partial charge in [0, 0.05) is 19.3 Å². The van der Waals surface area contributed by atoms with E-state index in [9.17, 15) is 14.4 Å². The molecule has 0 aromatic rings. The molecule has 0 fully saturated rings. The zero-order valence-electron chi connectivity index (χ0n) is 40.8. The van der Waals surface area contributed by atoms with E-state index in [0.29, 0.717) is 19.3 Å². The highest BCUT2D eigenvalue weighted by molar-refractivity contribution is 5.71. The molecule has 0 unspecified atom stereocenters. The molecule has 0 N–H and O–H groups in total. The summed E-state index contributed by atoms with van der Waals surface area (Å²) in [4.78, 5) is 37.9. The SMILES string of the molecule is CCCCCCCCCCCCCCCCCCCCC(=O)OC[C@@H](COC(=O)CCCCCCCCCCCCCCCCC)OC(=O)CCCCCCCCCCC. The molecule has 0 heterocycles. The van der Waals surface area contributed by atoms with Crippen LogP contribution in [0.5, 0.6) is 0 Å². The lowest BCUT2D eigenvalue weighted by Crippen LogP contribution is -2.30. The van der Waals surface area contributed by atoms with Crippen molar-refractivity contribution in [2.75, 3.05) is 13.2 Å². The van der Waals surface area contributed by atoms with Gasteiger partial charge in [-0.15, -0.1) is 0 Å². The largest absolute Gasteiger partial charge is 0.462 e. The molecular formula is C54H104O6. The summed E-state index contributed by atoms with van der Waals surface area (Å²) in [6.07, 6.45) is 53.8. The smallest absolute Gasteiger partial charge is 0.306 e. The maximum Gasteiger partial charge on any atom is 0.306 e. The molecule has 356 valence electrons. The van der Waals surface area contributed by atoms with Crippen molar-refractivity contribution in [1.82, 2.24) is 0 Å². The molecular weight excluding hydrogens is 745 g/mol. The minimum Gasteiger partial charge on any atom is -0.462 e. The second kappa shape index (κ2) is 50.1. The van der Waals surface area contributed by atoms with E-state index in [1.165, 1.54) is 212 Å². The van der Waals surface area contributed by atoms with Crippen molar-refractivity contribution < 1.29 is 28.6 Å². The van der Waals surface area contributed by atoms with Gasteiger partial charge in [0.25, 0.3) is 0 Å². The van der Waals surface area contributed by atoms with Gasteiger partial charge in [-0.1, -0.05) is 271 Å². The van der Waals surface area contributed by atoms with Crippen LogP contribution in [0.25, 0.3) is 0 Å². The number of unbranched alkanes of at least 4 members (excludes halogenated alkanes) is 39. The molecule has 1 atom stereocenters. The van der Waals surface area contributed by atoms with Crippen LogP contribution < -0.4 is 0 Å². The van der Waals surface area contributed by atoms with Gasteiger partial charge in [-0.3, -0.25) is 14.4 Å². The van der Waals surface area contributed by atoms with Gasteiger partial charge in [0.05, 0.1) is 0 Å². The third kappa shape index (κ3) is 47.5. The first kappa shape index (κ1) is 58.4. The molecule has 0 radical (unpaired) electrons. The summed E-state index contributed by atoms with van der Waals surface area (Å²) in [5.74, 6) is -0.841. The summed E-state index contributed by atoms with van der Waals surface area (Å²) in [5, 5.41) is 0. The van der Waals surface area contributed by atoms with Crippen LogP contribution in [-0.2, 0) is 28.6 Å². The third-order valence-electron chi connectivity index (χ3n) is 12.4. The molecule has 0 aromatic heterocycles. The monoisotopic (exact) mass is 849 g/mol. The van der Waals surface area contributed by atoms with E-state index in [1.807, 2.05) is 0 Å². The molecule has 60 heavy (non-hydrogen) atoms. The molecule has 0 aliphatic carbocycles. The van der Waals surface area contributed by atoms with E-state index in [4.69, 9.17) is 14.2 Å². The Bertz CT molecular complexity index is 889. The van der Waals surface area contributed by atoms with E-state index in [0.717, 1.165) is 57.8 Å². The van der Waals surface area contributed by atoms with Crippen molar-refractivity contribution in [2.45, 2.75) is 316 Å².